The second kappa shape index (κ2) is 13.5. The van der Waals surface area contributed by atoms with Crippen molar-refractivity contribution in [1.29, 1.82) is 0 Å². The summed E-state index contributed by atoms with van der Waals surface area (Å²) in [5, 5.41) is 0. The average Bonchev–Trinajstić information content (AvgIpc) is 2.66. The summed E-state index contributed by atoms with van der Waals surface area (Å²) in [4.78, 5) is 34.1. The van der Waals surface area contributed by atoms with Crippen LogP contribution in [0.5, 0.6) is 0 Å². The van der Waals surface area contributed by atoms with Crippen molar-refractivity contribution in [2.75, 3.05) is 13.1 Å². The van der Waals surface area contributed by atoms with Crippen LogP contribution in [0.4, 0.5) is 0 Å². The van der Waals surface area contributed by atoms with Gasteiger partial charge in [-0.05, 0) is 54.3 Å². The number of aryl methyl sites for hydroxylation is 1. The van der Waals surface area contributed by atoms with Crippen molar-refractivity contribution in [1.82, 2.24) is 4.90 Å². The molecule has 1 rings (SSSR count). The number of hydrogen-bond donors (Lipinski definition) is 2. The Morgan fingerprint density at radius 2 is 1.45 bits per heavy atom. The largest absolute Gasteiger partial charge is 0.366 e. The van der Waals surface area contributed by atoms with E-state index < -0.39 is 11.8 Å². The zero-order valence-electron chi connectivity index (χ0n) is 17.1. The summed E-state index contributed by atoms with van der Waals surface area (Å²) in [7, 11) is 0. The van der Waals surface area contributed by atoms with Crippen LogP contribution in [0.3, 0.4) is 0 Å². The Balaban J connectivity index is 0.000000614. The van der Waals surface area contributed by atoms with Crippen LogP contribution in [0, 0.1) is 13.8 Å². The Kier molecular flexibility index (Phi) is 11.8. The van der Waals surface area contributed by atoms with Gasteiger partial charge in [-0.15, -0.1) is 13.2 Å². The van der Waals surface area contributed by atoms with Crippen LogP contribution in [0.25, 0.3) is 12.2 Å². The van der Waals surface area contributed by atoms with Gasteiger partial charge in [0.05, 0.1) is 0 Å². The van der Waals surface area contributed by atoms with Crippen LogP contribution >= 0.6 is 0 Å². The van der Waals surface area contributed by atoms with Gasteiger partial charge in [-0.25, -0.2) is 0 Å². The Morgan fingerprint density at radius 3 is 1.90 bits per heavy atom. The molecule has 6 nitrogen and oxygen atoms in total. The second-order valence-corrected chi connectivity index (χ2v) is 6.01. The van der Waals surface area contributed by atoms with Crippen molar-refractivity contribution in [2.24, 2.45) is 11.5 Å². The molecule has 0 radical (unpaired) electrons. The lowest BCUT2D eigenvalue weighted by molar-refractivity contribution is -0.125. The van der Waals surface area contributed by atoms with E-state index in [9.17, 15) is 14.4 Å². The first-order valence-electron chi connectivity index (χ1n) is 8.86. The van der Waals surface area contributed by atoms with Crippen LogP contribution in [0.2, 0.25) is 0 Å². The van der Waals surface area contributed by atoms with Crippen molar-refractivity contribution in [3.05, 3.63) is 84.5 Å². The molecule has 0 aliphatic carbocycles. The predicted octanol–water partition coefficient (Wildman–Crippen LogP) is 2.67. The maximum absolute atomic E-state index is 11.0. The van der Waals surface area contributed by atoms with Crippen molar-refractivity contribution in [2.45, 2.75) is 13.8 Å². The van der Waals surface area contributed by atoms with Gasteiger partial charge in [0.2, 0.25) is 17.7 Å². The highest BCUT2D eigenvalue weighted by molar-refractivity contribution is 5.92. The van der Waals surface area contributed by atoms with Gasteiger partial charge in [0, 0.05) is 25.2 Å². The summed E-state index contributed by atoms with van der Waals surface area (Å²) in [5.41, 5.74) is 13.9. The lowest BCUT2D eigenvalue weighted by atomic mass is 9.97. The van der Waals surface area contributed by atoms with Gasteiger partial charge in [-0.2, -0.15) is 0 Å². The topological polar surface area (TPSA) is 106 Å². The number of nitrogens with zero attached hydrogens (tertiary/aromatic N) is 1. The van der Waals surface area contributed by atoms with Crippen molar-refractivity contribution < 1.29 is 14.4 Å². The summed E-state index contributed by atoms with van der Waals surface area (Å²) in [6.45, 7) is 15.4. The number of primary amides is 2. The molecule has 0 heterocycles. The van der Waals surface area contributed by atoms with Gasteiger partial charge in [0.1, 0.15) is 0 Å². The van der Waals surface area contributed by atoms with E-state index in [0.717, 1.165) is 22.3 Å². The van der Waals surface area contributed by atoms with E-state index in [1.807, 2.05) is 26.0 Å². The van der Waals surface area contributed by atoms with E-state index in [4.69, 9.17) is 11.5 Å². The average molecular weight is 396 g/mol. The van der Waals surface area contributed by atoms with E-state index in [0.29, 0.717) is 13.1 Å². The third kappa shape index (κ3) is 9.72. The molecular weight excluding hydrogens is 366 g/mol. The first-order valence-corrected chi connectivity index (χ1v) is 8.86. The number of hydrogen-bond acceptors (Lipinski definition) is 3. The molecule has 1 aromatic rings. The maximum Gasteiger partial charge on any atom is 0.246 e. The minimum atomic E-state index is -0.496. The van der Waals surface area contributed by atoms with Crippen molar-refractivity contribution in [3.63, 3.8) is 0 Å². The molecule has 0 aromatic heterocycles. The monoisotopic (exact) mass is 395 g/mol. The molecule has 6 heteroatoms. The quantitative estimate of drug-likeness (QED) is 0.496. The molecule has 0 saturated heterocycles. The third-order valence-electron chi connectivity index (χ3n) is 3.80. The first-order chi connectivity index (χ1) is 13.7. The summed E-state index contributed by atoms with van der Waals surface area (Å²) in [5.74, 6) is -1.08. The summed E-state index contributed by atoms with van der Waals surface area (Å²) in [6.07, 6.45) is 10.6. The Labute approximate surface area is 172 Å². The molecular formula is C23H29N3O3. The third-order valence-corrected chi connectivity index (χ3v) is 3.80. The van der Waals surface area contributed by atoms with Crippen LogP contribution in [-0.4, -0.2) is 35.7 Å². The summed E-state index contributed by atoms with van der Waals surface area (Å²) >= 11 is 0. The zero-order valence-corrected chi connectivity index (χ0v) is 17.1. The number of amides is 3. The van der Waals surface area contributed by atoms with Crippen LogP contribution < -0.4 is 11.5 Å². The Hall–Kier alpha value is -3.67. The standard InChI is InChI=1S/C14H16N2O2.C9H13NO/c1-9-3-4-11(5-7-13(15)17)10(2)12(9)6-8-14(16)18;1-4-7-10(8-5-2)9(11)6-3/h3-8H,1-2H3,(H2,15,17)(H2,16,18);4-6H,1-3,7-8H2. The fourth-order valence-corrected chi connectivity index (χ4v) is 2.35. The summed E-state index contributed by atoms with van der Waals surface area (Å²) < 4.78 is 0. The van der Waals surface area contributed by atoms with Gasteiger partial charge in [-0.1, -0.05) is 30.9 Å². The number of carbonyl (C=O) groups is 3. The van der Waals surface area contributed by atoms with Gasteiger partial charge in [0.25, 0.3) is 0 Å². The molecule has 154 valence electrons. The number of carbonyl (C=O) groups excluding carboxylic acids is 3. The highest BCUT2D eigenvalue weighted by atomic mass is 16.2. The zero-order chi connectivity index (χ0) is 22.4. The molecule has 0 fully saturated rings. The molecule has 0 bridgehead atoms. The minimum absolute atomic E-state index is 0.0928. The molecule has 0 atom stereocenters. The van der Waals surface area contributed by atoms with E-state index in [1.54, 1.807) is 29.2 Å². The van der Waals surface area contributed by atoms with Crippen molar-refractivity contribution >= 4 is 29.9 Å². The maximum atomic E-state index is 11.0. The SMILES string of the molecule is C=CCN(CC=C)C(=O)C=C.Cc1ccc(C=CC(N)=O)c(C)c1C=CC(N)=O. The molecule has 0 unspecified atom stereocenters. The molecule has 29 heavy (non-hydrogen) atoms. The minimum Gasteiger partial charge on any atom is -0.366 e. The molecule has 0 aliphatic rings. The van der Waals surface area contributed by atoms with E-state index >= 15 is 0 Å². The molecule has 0 aliphatic heterocycles. The smallest absolute Gasteiger partial charge is 0.246 e. The summed E-state index contributed by atoms with van der Waals surface area (Å²) in [6, 6.07) is 3.81. The van der Waals surface area contributed by atoms with E-state index in [2.05, 4.69) is 19.7 Å². The first kappa shape index (κ1) is 25.3. The van der Waals surface area contributed by atoms with Crippen LogP contribution in [0.1, 0.15) is 22.3 Å². The normalized spacial score (nSPS) is 10.1. The Morgan fingerprint density at radius 1 is 0.931 bits per heavy atom. The van der Waals surface area contributed by atoms with Crippen LogP contribution in [-0.2, 0) is 14.4 Å². The molecule has 1 aromatic carbocycles. The van der Waals surface area contributed by atoms with Crippen LogP contribution in [0.15, 0.2) is 62.2 Å². The van der Waals surface area contributed by atoms with Gasteiger partial charge in [-0.3, -0.25) is 14.4 Å². The van der Waals surface area contributed by atoms with E-state index in [1.165, 1.54) is 18.2 Å². The molecule has 0 saturated carbocycles. The second-order valence-electron chi connectivity index (χ2n) is 6.01. The fraction of sp³-hybridized carbons (Fsp3) is 0.174. The Bertz CT molecular complexity index is 826. The predicted molar refractivity (Wildman–Crippen MR) is 120 cm³/mol. The number of rotatable bonds is 9. The lowest BCUT2D eigenvalue weighted by Crippen LogP contribution is -2.29. The fourth-order valence-electron chi connectivity index (χ4n) is 2.35. The molecule has 4 N–H and O–H groups in total. The van der Waals surface area contributed by atoms with Crippen molar-refractivity contribution in [3.8, 4) is 0 Å². The highest BCUT2D eigenvalue weighted by Crippen LogP contribution is 2.20. The highest BCUT2D eigenvalue weighted by Gasteiger charge is 2.04. The number of nitrogens with two attached hydrogens (primary N) is 2. The lowest BCUT2D eigenvalue weighted by Gasteiger charge is -2.16. The molecule has 0 spiro atoms. The molecule has 3 amide bonds. The van der Waals surface area contributed by atoms with E-state index in [-0.39, 0.29) is 5.91 Å². The number of benzene rings is 1. The van der Waals surface area contributed by atoms with Gasteiger partial charge >= 0.3 is 0 Å². The van der Waals surface area contributed by atoms with Gasteiger partial charge < -0.3 is 16.4 Å². The van der Waals surface area contributed by atoms with Gasteiger partial charge in [0.15, 0.2) is 0 Å².